The zero-order chi connectivity index (χ0) is 25.0. The molecule has 3 aromatic carbocycles. The smallest absolute Gasteiger partial charge is 0.164 e. The summed E-state index contributed by atoms with van der Waals surface area (Å²) in [5.41, 5.74) is 7.69. The van der Waals surface area contributed by atoms with Crippen LogP contribution in [0.3, 0.4) is 0 Å². The van der Waals surface area contributed by atoms with Crippen LogP contribution in [0, 0.1) is 6.92 Å². The molecule has 0 fully saturated rings. The van der Waals surface area contributed by atoms with Gasteiger partial charge in [-0.2, -0.15) is 0 Å². The van der Waals surface area contributed by atoms with E-state index in [2.05, 4.69) is 51.1 Å². The fraction of sp³-hybridized carbons (Fsp3) is 0.0333. The lowest BCUT2D eigenvalue weighted by molar-refractivity contribution is 1.07. The third-order valence-electron chi connectivity index (χ3n) is 5.97. The summed E-state index contributed by atoms with van der Waals surface area (Å²) in [6, 6.07) is 24.3. The van der Waals surface area contributed by atoms with Gasteiger partial charge in [0.05, 0.1) is 0 Å². The zero-order valence-electron chi connectivity index (χ0n) is 20.0. The summed E-state index contributed by atoms with van der Waals surface area (Å²) in [6.07, 6.45) is 10.2. The van der Waals surface area contributed by atoms with Crippen LogP contribution in [0.5, 0.6) is 0 Å². The number of aryl methyl sites for hydroxylation is 1. The van der Waals surface area contributed by atoms with Crippen LogP contribution in [0.15, 0.2) is 110 Å². The monoisotopic (exact) mass is 479 g/mol. The van der Waals surface area contributed by atoms with Gasteiger partial charge in [0, 0.05) is 52.6 Å². The molecule has 0 unspecified atom stereocenters. The Morgan fingerprint density at radius 3 is 1.27 bits per heavy atom. The lowest BCUT2D eigenvalue weighted by atomic mass is 10.0. The Morgan fingerprint density at radius 2 is 0.811 bits per heavy atom. The van der Waals surface area contributed by atoms with E-state index in [0.29, 0.717) is 17.5 Å². The lowest BCUT2D eigenvalue weighted by Crippen LogP contribution is -2.00. The number of benzene rings is 3. The van der Waals surface area contributed by atoms with Gasteiger partial charge in [-0.05, 0) is 30.2 Å². The average molecular weight is 480 g/mol. The highest BCUT2D eigenvalue weighted by molar-refractivity contribution is 5.73. The molecule has 0 radical (unpaired) electrons. The molecule has 0 amide bonds. The van der Waals surface area contributed by atoms with Crippen LogP contribution in [0.2, 0.25) is 0 Å². The van der Waals surface area contributed by atoms with Crippen LogP contribution >= 0.6 is 0 Å². The Morgan fingerprint density at radius 1 is 0.405 bits per heavy atom. The molecule has 176 valence electrons. The Bertz CT molecular complexity index is 1570. The minimum Gasteiger partial charge on any atom is -0.244 e. The summed E-state index contributed by atoms with van der Waals surface area (Å²) >= 11 is 0. The van der Waals surface area contributed by atoms with Crippen molar-refractivity contribution in [3.8, 4) is 56.4 Å². The molecule has 0 N–H and O–H groups in total. The average Bonchev–Trinajstić information content (AvgIpc) is 2.98. The van der Waals surface area contributed by atoms with Crippen LogP contribution in [-0.2, 0) is 0 Å². The van der Waals surface area contributed by atoms with Crippen LogP contribution in [-0.4, -0.2) is 34.9 Å². The molecule has 0 aliphatic rings. The van der Waals surface area contributed by atoms with E-state index in [1.807, 2.05) is 48.5 Å². The minimum absolute atomic E-state index is 0.590. The summed E-state index contributed by atoms with van der Waals surface area (Å²) in [5, 5.41) is 0. The van der Waals surface area contributed by atoms with Gasteiger partial charge in [-0.25, -0.2) is 34.9 Å². The van der Waals surface area contributed by atoms with E-state index in [0.717, 1.165) is 38.9 Å². The van der Waals surface area contributed by atoms with E-state index in [-0.39, 0.29) is 0 Å². The summed E-state index contributed by atoms with van der Waals surface area (Å²) in [7, 11) is 0. The van der Waals surface area contributed by atoms with Crippen molar-refractivity contribution in [2.75, 3.05) is 0 Å². The Kier molecular flexibility index (Phi) is 5.93. The fourth-order valence-electron chi connectivity index (χ4n) is 4.04. The third kappa shape index (κ3) is 4.83. The molecule has 3 heterocycles. The van der Waals surface area contributed by atoms with Gasteiger partial charge in [0.25, 0.3) is 0 Å². The topological polar surface area (TPSA) is 90.2 Å². The van der Waals surface area contributed by atoms with Gasteiger partial charge < -0.3 is 0 Å². The molecule has 3 aromatic heterocycles. The molecule has 0 aliphatic heterocycles. The second-order valence-corrected chi connectivity index (χ2v) is 8.59. The molecule has 6 rings (SSSR count). The fourth-order valence-corrected chi connectivity index (χ4v) is 4.04. The van der Waals surface area contributed by atoms with Crippen LogP contribution < -0.4 is 0 Å². The zero-order valence-corrected chi connectivity index (χ0v) is 20.0. The van der Waals surface area contributed by atoms with Gasteiger partial charge in [0.15, 0.2) is 17.5 Å². The Hall–Kier alpha value is -5.17. The molecule has 37 heavy (non-hydrogen) atoms. The summed E-state index contributed by atoms with van der Waals surface area (Å²) in [6.45, 7) is 2.06. The maximum absolute atomic E-state index is 4.90. The van der Waals surface area contributed by atoms with Crippen molar-refractivity contribution < 1.29 is 0 Å². The van der Waals surface area contributed by atoms with Crippen molar-refractivity contribution in [1.82, 2.24) is 34.9 Å². The van der Waals surface area contributed by atoms with Gasteiger partial charge in [0.1, 0.15) is 12.7 Å². The minimum atomic E-state index is 0.590. The molecule has 7 heteroatoms. The SMILES string of the molecule is Cc1ccc(-c2nc(-c3cccc(-c4cncnc4)c3)nc(-c3cccc(-c4cncnc4)c3)n2)cc1. The summed E-state index contributed by atoms with van der Waals surface area (Å²) in [5.74, 6) is 1.79. The maximum Gasteiger partial charge on any atom is 0.164 e. The summed E-state index contributed by atoms with van der Waals surface area (Å²) < 4.78 is 0. The molecule has 0 bridgehead atoms. The second-order valence-electron chi connectivity index (χ2n) is 8.59. The lowest BCUT2D eigenvalue weighted by Gasteiger charge is -2.10. The molecule has 0 saturated heterocycles. The molecule has 0 aliphatic carbocycles. The first-order valence-electron chi connectivity index (χ1n) is 11.8. The van der Waals surface area contributed by atoms with Gasteiger partial charge in [0.2, 0.25) is 0 Å². The van der Waals surface area contributed by atoms with Crippen molar-refractivity contribution in [1.29, 1.82) is 0 Å². The van der Waals surface area contributed by atoms with E-state index in [1.54, 1.807) is 24.8 Å². The number of nitrogens with zero attached hydrogens (tertiary/aromatic N) is 7. The quantitative estimate of drug-likeness (QED) is 0.295. The third-order valence-corrected chi connectivity index (χ3v) is 5.97. The van der Waals surface area contributed by atoms with E-state index in [4.69, 9.17) is 15.0 Å². The van der Waals surface area contributed by atoms with Gasteiger partial charge in [-0.1, -0.05) is 66.2 Å². The van der Waals surface area contributed by atoms with Crippen LogP contribution in [0.1, 0.15) is 5.56 Å². The largest absolute Gasteiger partial charge is 0.244 e. The van der Waals surface area contributed by atoms with E-state index in [9.17, 15) is 0 Å². The van der Waals surface area contributed by atoms with Crippen molar-refractivity contribution in [2.45, 2.75) is 6.92 Å². The van der Waals surface area contributed by atoms with Crippen LogP contribution in [0.4, 0.5) is 0 Å². The van der Waals surface area contributed by atoms with E-state index >= 15 is 0 Å². The van der Waals surface area contributed by atoms with Crippen molar-refractivity contribution in [2.24, 2.45) is 0 Å². The number of hydrogen-bond acceptors (Lipinski definition) is 7. The Labute approximate surface area is 214 Å². The van der Waals surface area contributed by atoms with Gasteiger partial charge in [-0.15, -0.1) is 0 Å². The number of aromatic nitrogens is 7. The normalized spacial score (nSPS) is 10.8. The van der Waals surface area contributed by atoms with Crippen molar-refractivity contribution in [3.05, 3.63) is 116 Å². The molecule has 0 saturated carbocycles. The molecular formula is C30H21N7. The first-order chi connectivity index (χ1) is 18.2. The molecular weight excluding hydrogens is 458 g/mol. The van der Waals surface area contributed by atoms with Crippen molar-refractivity contribution in [3.63, 3.8) is 0 Å². The number of hydrogen-bond donors (Lipinski definition) is 0. The molecule has 0 spiro atoms. The molecule has 7 nitrogen and oxygen atoms in total. The van der Waals surface area contributed by atoms with Gasteiger partial charge >= 0.3 is 0 Å². The number of rotatable bonds is 5. The predicted molar refractivity (Wildman–Crippen MR) is 143 cm³/mol. The standard InChI is InChI=1S/C30H21N7/c1-20-8-10-21(11-9-20)28-35-29(24-6-2-4-22(12-24)26-14-31-18-32-15-26)37-30(36-28)25-7-3-5-23(13-25)27-16-33-19-34-17-27/h2-19H,1H3. The van der Waals surface area contributed by atoms with E-state index < -0.39 is 0 Å². The van der Waals surface area contributed by atoms with Gasteiger partial charge in [-0.3, -0.25) is 0 Å². The second kappa shape index (κ2) is 9.83. The maximum atomic E-state index is 4.90. The first kappa shape index (κ1) is 22.3. The highest BCUT2D eigenvalue weighted by Gasteiger charge is 2.14. The molecule has 0 atom stereocenters. The molecule has 6 aromatic rings. The highest BCUT2D eigenvalue weighted by atomic mass is 15.0. The summed E-state index contributed by atoms with van der Waals surface area (Å²) in [4.78, 5) is 31.2. The highest BCUT2D eigenvalue weighted by Crippen LogP contribution is 2.29. The first-order valence-corrected chi connectivity index (χ1v) is 11.8. The Balaban J connectivity index is 1.50. The predicted octanol–water partition coefficient (Wildman–Crippen LogP) is 6.10. The van der Waals surface area contributed by atoms with Crippen molar-refractivity contribution >= 4 is 0 Å². The van der Waals surface area contributed by atoms with Crippen LogP contribution in [0.25, 0.3) is 56.4 Å². The van der Waals surface area contributed by atoms with E-state index in [1.165, 1.54) is 18.2 Å².